The van der Waals surface area contributed by atoms with E-state index in [1.54, 1.807) is 0 Å². The van der Waals surface area contributed by atoms with Crippen LogP contribution in [0.15, 0.2) is 22.7 Å². The van der Waals surface area contributed by atoms with Gasteiger partial charge in [-0.1, -0.05) is 15.9 Å². The van der Waals surface area contributed by atoms with E-state index in [-0.39, 0.29) is 5.69 Å². The summed E-state index contributed by atoms with van der Waals surface area (Å²) in [5, 5.41) is 13.6. The number of halogens is 2. The largest absolute Gasteiger partial charge is 0.480 e. The minimum absolute atomic E-state index is 0.0223. The third-order valence-corrected chi connectivity index (χ3v) is 3.53. The number of hydrogen-bond donors (Lipinski definition) is 3. The fourth-order valence-electron chi connectivity index (χ4n) is 1.40. The molecule has 1 rings (SSSR count). The van der Waals surface area contributed by atoms with Crippen molar-refractivity contribution in [1.82, 2.24) is 5.32 Å². The highest BCUT2D eigenvalue weighted by molar-refractivity contribution is 9.10. The van der Waals surface area contributed by atoms with Gasteiger partial charge < -0.3 is 15.7 Å². The summed E-state index contributed by atoms with van der Waals surface area (Å²) < 4.78 is 14.0. The van der Waals surface area contributed by atoms with Crippen LogP contribution in [0.1, 0.15) is 6.42 Å². The van der Waals surface area contributed by atoms with Crippen LogP contribution in [0, 0.1) is 5.82 Å². The summed E-state index contributed by atoms with van der Waals surface area (Å²) in [6.07, 6.45) is 2.14. The van der Waals surface area contributed by atoms with Gasteiger partial charge in [0.05, 0.1) is 5.69 Å². The zero-order valence-corrected chi connectivity index (χ0v) is 13.1. The van der Waals surface area contributed by atoms with Crippen LogP contribution in [0.5, 0.6) is 0 Å². The van der Waals surface area contributed by atoms with Gasteiger partial charge in [-0.25, -0.2) is 14.0 Å². The monoisotopic (exact) mass is 364 g/mol. The van der Waals surface area contributed by atoms with Crippen LogP contribution in [-0.4, -0.2) is 35.2 Å². The fraction of sp³-hybridized carbons (Fsp3) is 0.333. The molecule has 110 valence electrons. The SMILES string of the molecule is CSCCC(NC(=O)Nc1cc(Br)ccc1F)C(=O)O. The number of rotatable bonds is 6. The standard InChI is InChI=1S/C12H14BrFN2O3S/c1-20-5-4-9(11(17)18)15-12(19)16-10-6-7(13)2-3-8(10)14/h2-3,6,9H,4-5H2,1H3,(H,17,18)(H2,15,16,19). The molecule has 0 radical (unpaired) electrons. The summed E-state index contributed by atoms with van der Waals surface area (Å²) in [6.45, 7) is 0. The summed E-state index contributed by atoms with van der Waals surface area (Å²) >= 11 is 4.64. The van der Waals surface area contributed by atoms with Crippen molar-refractivity contribution in [2.24, 2.45) is 0 Å². The molecule has 5 nitrogen and oxygen atoms in total. The number of amides is 2. The van der Waals surface area contributed by atoms with E-state index < -0.39 is 23.9 Å². The molecule has 0 aliphatic rings. The van der Waals surface area contributed by atoms with Crippen LogP contribution in [0.4, 0.5) is 14.9 Å². The van der Waals surface area contributed by atoms with Crippen molar-refractivity contribution in [2.45, 2.75) is 12.5 Å². The molecule has 1 aromatic rings. The molecule has 8 heteroatoms. The summed E-state index contributed by atoms with van der Waals surface area (Å²) in [5.74, 6) is -1.12. The first-order valence-electron chi connectivity index (χ1n) is 5.68. The summed E-state index contributed by atoms with van der Waals surface area (Å²) in [4.78, 5) is 22.7. The lowest BCUT2D eigenvalue weighted by atomic mass is 10.2. The Labute approximate surface area is 128 Å². The van der Waals surface area contributed by atoms with Crippen LogP contribution in [0.2, 0.25) is 0 Å². The Morgan fingerprint density at radius 1 is 1.50 bits per heavy atom. The number of carboxylic acids is 1. The molecule has 0 fully saturated rings. The van der Waals surface area contributed by atoms with E-state index in [2.05, 4.69) is 26.6 Å². The van der Waals surface area contributed by atoms with Crippen molar-refractivity contribution in [3.05, 3.63) is 28.5 Å². The number of benzene rings is 1. The molecule has 1 unspecified atom stereocenters. The Balaban J connectivity index is 2.65. The zero-order chi connectivity index (χ0) is 15.1. The number of hydrogen-bond acceptors (Lipinski definition) is 3. The highest BCUT2D eigenvalue weighted by Gasteiger charge is 2.19. The lowest BCUT2D eigenvalue weighted by Gasteiger charge is -2.15. The van der Waals surface area contributed by atoms with Gasteiger partial charge >= 0.3 is 12.0 Å². The zero-order valence-electron chi connectivity index (χ0n) is 10.7. The third kappa shape index (κ3) is 5.38. The number of urea groups is 1. The van der Waals surface area contributed by atoms with Gasteiger partial charge in [-0.15, -0.1) is 0 Å². The number of aliphatic carboxylic acids is 1. The van der Waals surface area contributed by atoms with Gasteiger partial charge in [-0.05, 0) is 36.6 Å². The van der Waals surface area contributed by atoms with E-state index in [1.165, 1.54) is 30.0 Å². The molecule has 1 aromatic carbocycles. The maximum absolute atomic E-state index is 13.4. The number of carbonyl (C=O) groups is 2. The van der Waals surface area contributed by atoms with Crippen molar-refractivity contribution in [2.75, 3.05) is 17.3 Å². The average molecular weight is 365 g/mol. The smallest absolute Gasteiger partial charge is 0.326 e. The molecular formula is C12H14BrFN2O3S. The van der Waals surface area contributed by atoms with Crippen molar-refractivity contribution in [3.63, 3.8) is 0 Å². The molecule has 0 aliphatic heterocycles. The van der Waals surface area contributed by atoms with Gasteiger partial charge in [0.15, 0.2) is 0 Å². The third-order valence-electron chi connectivity index (χ3n) is 2.39. The van der Waals surface area contributed by atoms with Gasteiger partial charge in [0.2, 0.25) is 0 Å². The molecule has 3 N–H and O–H groups in total. The molecule has 2 amide bonds. The number of anilines is 1. The molecule has 0 saturated carbocycles. The second kappa shape index (κ2) is 8.11. The fourth-order valence-corrected chi connectivity index (χ4v) is 2.24. The van der Waals surface area contributed by atoms with Crippen LogP contribution >= 0.6 is 27.7 Å². The molecule has 0 heterocycles. The number of carboxylic acid groups (broad SMARTS) is 1. The molecule has 0 spiro atoms. The van der Waals surface area contributed by atoms with Crippen LogP contribution in [0.3, 0.4) is 0 Å². The lowest BCUT2D eigenvalue weighted by molar-refractivity contribution is -0.139. The van der Waals surface area contributed by atoms with Crippen molar-refractivity contribution >= 4 is 45.4 Å². The number of thioether (sulfide) groups is 1. The minimum Gasteiger partial charge on any atom is -0.480 e. The Morgan fingerprint density at radius 2 is 2.20 bits per heavy atom. The van der Waals surface area contributed by atoms with Gasteiger partial charge in [-0.3, -0.25) is 0 Å². The maximum atomic E-state index is 13.4. The molecule has 0 aromatic heterocycles. The maximum Gasteiger partial charge on any atom is 0.326 e. The van der Waals surface area contributed by atoms with Gasteiger partial charge in [0, 0.05) is 4.47 Å². The predicted molar refractivity (Wildman–Crippen MR) is 80.7 cm³/mol. The van der Waals surface area contributed by atoms with Crippen molar-refractivity contribution < 1.29 is 19.1 Å². The molecule has 0 saturated heterocycles. The van der Waals surface area contributed by atoms with Crippen LogP contribution in [-0.2, 0) is 4.79 Å². The normalized spacial score (nSPS) is 11.8. The van der Waals surface area contributed by atoms with E-state index in [4.69, 9.17) is 5.11 Å². The summed E-state index contributed by atoms with van der Waals surface area (Å²) in [6, 6.07) is 2.33. The van der Waals surface area contributed by atoms with Crippen molar-refractivity contribution in [1.29, 1.82) is 0 Å². The quantitative estimate of drug-likeness (QED) is 0.724. The predicted octanol–water partition coefficient (Wildman–Crippen LogP) is 2.92. The first-order valence-corrected chi connectivity index (χ1v) is 7.87. The highest BCUT2D eigenvalue weighted by atomic mass is 79.9. The van der Waals surface area contributed by atoms with E-state index in [0.717, 1.165) is 0 Å². The molecule has 0 bridgehead atoms. The van der Waals surface area contributed by atoms with Crippen LogP contribution < -0.4 is 10.6 Å². The molecule has 0 aliphatic carbocycles. The Bertz CT molecular complexity index is 502. The average Bonchev–Trinajstić information content (AvgIpc) is 2.38. The number of nitrogens with one attached hydrogen (secondary N) is 2. The Hall–Kier alpha value is -1.28. The second-order valence-corrected chi connectivity index (χ2v) is 5.80. The summed E-state index contributed by atoms with van der Waals surface area (Å²) in [7, 11) is 0. The van der Waals surface area contributed by atoms with Gasteiger partial charge in [-0.2, -0.15) is 11.8 Å². The highest BCUT2D eigenvalue weighted by Crippen LogP contribution is 2.19. The molecular weight excluding hydrogens is 351 g/mol. The molecule has 1 atom stereocenters. The van der Waals surface area contributed by atoms with E-state index >= 15 is 0 Å². The first kappa shape index (κ1) is 16.8. The van der Waals surface area contributed by atoms with Gasteiger partial charge in [0.25, 0.3) is 0 Å². The van der Waals surface area contributed by atoms with Gasteiger partial charge in [0.1, 0.15) is 11.9 Å². The van der Waals surface area contributed by atoms with E-state index in [1.807, 2.05) is 6.26 Å². The number of carbonyl (C=O) groups excluding carboxylic acids is 1. The summed E-state index contributed by atoms with van der Waals surface area (Å²) in [5.41, 5.74) is -0.0223. The lowest BCUT2D eigenvalue weighted by Crippen LogP contribution is -2.43. The first-order chi connectivity index (χ1) is 9.43. The Kier molecular flexibility index (Phi) is 6.80. The molecule has 20 heavy (non-hydrogen) atoms. The van der Waals surface area contributed by atoms with Crippen LogP contribution in [0.25, 0.3) is 0 Å². The Morgan fingerprint density at radius 3 is 2.80 bits per heavy atom. The minimum atomic E-state index is -1.12. The van der Waals surface area contributed by atoms with E-state index in [0.29, 0.717) is 16.6 Å². The topological polar surface area (TPSA) is 78.4 Å². The van der Waals surface area contributed by atoms with Crippen molar-refractivity contribution in [3.8, 4) is 0 Å². The van der Waals surface area contributed by atoms with E-state index in [9.17, 15) is 14.0 Å². The second-order valence-electron chi connectivity index (χ2n) is 3.89.